The smallest absolute Gasteiger partial charge is 0.262 e. The Morgan fingerprint density at radius 3 is 2.68 bits per heavy atom. The number of sulfonamides is 1. The number of aromatic nitrogens is 2. The van der Waals surface area contributed by atoms with Crippen molar-refractivity contribution in [3.8, 4) is 5.75 Å². The van der Waals surface area contributed by atoms with E-state index in [4.69, 9.17) is 16.3 Å². The number of nitrogens with zero attached hydrogens (tertiary/aromatic N) is 2. The van der Waals surface area contributed by atoms with Crippen molar-refractivity contribution in [3.05, 3.63) is 35.6 Å². The highest BCUT2D eigenvalue weighted by Gasteiger charge is 2.18. The van der Waals surface area contributed by atoms with Crippen LogP contribution in [-0.4, -0.2) is 37.8 Å². The first-order chi connectivity index (χ1) is 11.7. The number of carbonyl (C=O) groups is 1. The Kier molecular flexibility index (Phi) is 5.91. The van der Waals surface area contributed by atoms with Gasteiger partial charge in [0.2, 0.25) is 0 Å². The Bertz CT molecular complexity index is 864. The third-order valence-electron chi connectivity index (χ3n) is 3.23. The van der Waals surface area contributed by atoms with Gasteiger partial charge in [-0.1, -0.05) is 11.6 Å². The topological polar surface area (TPSA) is 102 Å². The number of nitrogens with one attached hydrogen (secondary N) is 2. The summed E-state index contributed by atoms with van der Waals surface area (Å²) >= 11 is 6.05. The molecule has 0 spiro atoms. The van der Waals surface area contributed by atoms with Crippen LogP contribution in [0.1, 0.15) is 19.9 Å². The lowest BCUT2D eigenvalue weighted by atomic mass is 10.3. The fourth-order valence-electron chi connectivity index (χ4n) is 1.87. The molecule has 1 amide bonds. The molecule has 0 aliphatic heterocycles. The van der Waals surface area contributed by atoms with E-state index in [0.29, 0.717) is 5.69 Å². The summed E-state index contributed by atoms with van der Waals surface area (Å²) in [5.41, 5.74) is 0.352. The molecular weight excluding hydrogens is 368 g/mol. The number of likely N-dealkylation sites (N-methyl/N-ethyl adjacent to an activating group) is 1. The molecule has 1 aromatic heterocycles. The van der Waals surface area contributed by atoms with Gasteiger partial charge in [-0.05, 0) is 32.0 Å². The highest BCUT2D eigenvalue weighted by Crippen LogP contribution is 2.28. The summed E-state index contributed by atoms with van der Waals surface area (Å²) in [5.74, 6) is -0.103. The van der Waals surface area contributed by atoms with Crippen LogP contribution in [0.2, 0.25) is 5.02 Å². The molecule has 1 aromatic carbocycles. The zero-order chi connectivity index (χ0) is 18.6. The van der Waals surface area contributed by atoms with Crippen LogP contribution in [0.3, 0.4) is 0 Å². The molecule has 136 valence electrons. The van der Waals surface area contributed by atoms with Crippen molar-refractivity contribution in [1.29, 1.82) is 0 Å². The molecule has 0 saturated heterocycles. The zero-order valence-corrected chi connectivity index (χ0v) is 15.6. The molecule has 0 bridgehead atoms. The predicted molar refractivity (Wildman–Crippen MR) is 94.4 cm³/mol. The average molecular weight is 387 g/mol. The van der Waals surface area contributed by atoms with E-state index in [1.807, 2.05) is 13.8 Å². The first-order valence-corrected chi connectivity index (χ1v) is 9.29. The predicted octanol–water partition coefficient (Wildman–Crippen LogP) is 2.04. The lowest BCUT2D eigenvalue weighted by Crippen LogP contribution is -2.24. The van der Waals surface area contributed by atoms with E-state index in [-0.39, 0.29) is 34.2 Å². The molecule has 8 nitrogen and oxygen atoms in total. The second-order valence-corrected chi connectivity index (χ2v) is 7.55. The number of hydrogen-bond acceptors (Lipinski definition) is 5. The van der Waals surface area contributed by atoms with Gasteiger partial charge in [0.05, 0.1) is 21.8 Å². The molecule has 0 unspecified atom stereocenters. The van der Waals surface area contributed by atoms with Crippen LogP contribution in [0.4, 0.5) is 5.69 Å². The minimum atomic E-state index is -3.82. The Labute approximate surface area is 151 Å². The van der Waals surface area contributed by atoms with Gasteiger partial charge in [0, 0.05) is 19.3 Å². The maximum Gasteiger partial charge on any atom is 0.262 e. The fourth-order valence-corrected chi connectivity index (χ4v) is 3.22. The standard InChI is InChI=1S/C15H19ClN4O4S/c1-10(2)20-8-11(7-18-20)19-25(22,23)12-4-5-14(13(16)6-12)24-9-15(21)17-3/h4-8,10,19H,9H2,1-3H3,(H,17,21). The van der Waals surface area contributed by atoms with Crippen LogP contribution < -0.4 is 14.8 Å². The highest BCUT2D eigenvalue weighted by molar-refractivity contribution is 7.92. The molecule has 0 aliphatic carbocycles. The number of carbonyl (C=O) groups excluding carboxylic acids is 1. The molecule has 1 heterocycles. The van der Waals surface area contributed by atoms with Crippen molar-refractivity contribution in [1.82, 2.24) is 15.1 Å². The molecule has 25 heavy (non-hydrogen) atoms. The van der Waals surface area contributed by atoms with E-state index in [2.05, 4.69) is 15.1 Å². The highest BCUT2D eigenvalue weighted by atomic mass is 35.5. The van der Waals surface area contributed by atoms with Crippen LogP contribution in [-0.2, 0) is 14.8 Å². The van der Waals surface area contributed by atoms with E-state index in [9.17, 15) is 13.2 Å². The molecule has 2 aromatic rings. The van der Waals surface area contributed by atoms with E-state index in [1.165, 1.54) is 31.4 Å². The largest absolute Gasteiger partial charge is 0.482 e. The SMILES string of the molecule is CNC(=O)COc1ccc(S(=O)(=O)Nc2cnn(C(C)C)c2)cc1Cl. The van der Waals surface area contributed by atoms with Crippen LogP contribution in [0.25, 0.3) is 0 Å². The molecule has 0 atom stereocenters. The Morgan fingerprint density at radius 1 is 1.40 bits per heavy atom. The minimum absolute atomic E-state index is 0.0258. The monoisotopic (exact) mass is 386 g/mol. The molecule has 2 N–H and O–H groups in total. The fraction of sp³-hybridized carbons (Fsp3) is 0.333. The minimum Gasteiger partial charge on any atom is -0.482 e. The average Bonchev–Trinajstić information content (AvgIpc) is 3.01. The lowest BCUT2D eigenvalue weighted by molar-refractivity contribution is -0.122. The van der Waals surface area contributed by atoms with Crippen molar-refractivity contribution in [3.63, 3.8) is 0 Å². The summed E-state index contributed by atoms with van der Waals surface area (Å²) in [4.78, 5) is 11.2. The maximum atomic E-state index is 12.4. The summed E-state index contributed by atoms with van der Waals surface area (Å²) in [6.45, 7) is 3.65. The third-order valence-corrected chi connectivity index (χ3v) is 4.91. The first kappa shape index (κ1) is 19.1. The van der Waals surface area contributed by atoms with Crippen molar-refractivity contribution < 1.29 is 17.9 Å². The van der Waals surface area contributed by atoms with Gasteiger partial charge in [-0.2, -0.15) is 5.10 Å². The summed E-state index contributed by atoms with van der Waals surface area (Å²) in [6, 6.07) is 4.12. The van der Waals surface area contributed by atoms with Crippen LogP contribution in [0.15, 0.2) is 35.5 Å². The Hall–Kier alpha value is -2.26. The van der Waals surface area contributed by atoms with Gasteiger partial charge in [-0.15, -0.1) is 0 Å². The molecular formula is C15H19ClN4O4S. The van der Waals surface area contributed by atoms with Gasteiger partial charge in [-0.25, -0.2) is 8.42 Å². The van der Waals surface area contributed by atoms with Crippen molar-refractivity contribution >= 4 is 33.2 Å². The van der Waals surface area contributed by atoms with Gasteiger partial charge >= 0.3 is 0 Å². The van der Waals surface area contributed by atoms with Gasteiger partial charge in [0.1, 0.15) is 5.75 Å². The van der Waals surface area contributed by atoms with E-state index in [0.717, 1.165) is 0 Å². The number of anilines is 1. The van der Waals surface area contributed by atoms with Crippen molar-refractivity contribution in [2.75, 3.05) is 18.4 Å². The zero-order valence-electron chi connectivity index (χ0n) is 14.0. The lowest BCUT2D eigenvalue weighted by Gasteiger charge is -2.10. The second kappa shape index (κ2) is 7.75. The normalized spacial score (nSPS) is 11.4. The van der Waals surface area contributed by atoms with Gasteiger partial charge < -0.3 is 10.1 Å². The maximum absolute atomic E-state index is 12.4. The molecule has 0 aliphatic rings. The number of halogens is 1. The van der Waals surface area contributed by atoms with E-state index >= 15 is 0 Å². The van der Waals surface area contributed by atoms with Gasteiger partial charge in [0.15, 0.2) is 6.61 Å². The van der Waals surface area contributed by atoms with Crippen LogP contribution in [0.5, 0.6) is 5.75 Å². The second-order valence-electron chi connectivity index (χ2n) is 5.46. The number of rotatable bonds is 7. The molecule has 0 saturated carbocycles. The molecule has 0 radical (unpaired) electrons. The van der Waals surface area contributed by atoms with Crippen LogP contribution >= 0.6 is 11.6 Å². The number of ether oxygens (including phenoxy) is 1. The van der Waals surface area contributed by atoms with E-state index < -0.39 is 10.0 Å². The summed E-state index contributed by atoms with van der Waals surface area (Å²) in [6.07, 6.45) is 3.03. The van der Waals surface area contributed by atoms with E-state index in [1.54, 1.807) is 10.9 Å². The summed E-state index contributed by atoms with van der Waals surface area (Å²) < 4.78 is 34.2. The number of benzene rings is 1. The van der Waals surface area contributed by atoms with Crippen molar-refractivity contribution in [2.45, 2.75) is 24.8 Å². The number of hydrogen-bond donors (Lipinski definition) is 2. The first-order valence-electron chi connectivity index (χ1n) is 7.43. The van der Waals surface area contributed by atoms with Gasteiger partial charge in [-0.3, -0.25) is 14.2 Å². The van der Waals surface area contributed by atoms with Crippen LogP contribution in [0, 0.1) is 0 Å². The quantitative estimate of drug-likeness (QED) is 0.758. The third kappa shape index (κ3) is 4.86. The number of amides is 1. The Balaban J connectivity index is 2.15. The molecule has 0 fully saturated rings. The summed E-state index contributed by atoms with van der Waals surface area (Å²) in [7, 11) is -2.34. The molecule has 10 heteroatoms. The Morgan fingerprint density at radius 2 is 2.12 bits per heavy atom. The van der Waals surface area contributed by atoms with Crippen molar-refractivity contribution in [2.24, 2.45) is 0 Å². The molecule has 2 rings (SSSR count). The van der Waals surface area contributed by atoms with Gasteiger partial charge in [0.25, 0.3) is 15.9 Å². The summed E-state index contributed by atoms with van der Waals surface area (Å²) in [5, 5.41) is 6.57.